The highest BCUT2D eigenvalue weighted by molar-refractivity contribution is 5.77. The molecule has 2 aliphatic rings. The highest BCUT2D eigenvalue weighted by atomic mass is 16.2. The van der Waals surface area contributed by atoms with Crippen LogP contribution in [0.1, 0.15) is 33.1 Å². The van der Waals surface area contributed by atoms with E-state index < -0.39 is 0 Å². The van der Waals surface area contributed by atoms with E-state index in [2.05, 4.69) is 55.0 Å². The minimum Gasteiger partial charge on any atom is -0.307 e. The average molecular weight is 370 g/mol. The van der Waals surface area contributed by atoms with Gasteiger partial charge in [-0.2, -0.15) is 0 Å². The second-order valence-electron chi connectivity index (χ2n) is 8.46. The van der Waals surface area contributed by atoms with E-state index in [4.69, 9.17) is 0 Å². The number of nitrogens with zero attached hydrogens (tertiary/aromatic N) is 5. The summed E-state index contributed by atoms with van der Waals surface area (Å²) in [4.78, 5) is 21.7. The summed E-state index contributed by atoms with van der Waals surface area (Å²) in [6.07, 6.45) is 3.78. The van der Waals surface area contributed by atoms with Crippen molar-refractivity contribution < 1.29 is 9.28 Å². The predicted octanol–water partition coefficient (Wildman–Crippen LogP) is 1.09. The summed E-state index contributed by atoms with van der Waals surface area (Å²) < 4.78 is 0.965. The van der Waals surface area contributed by atoms with Crippen LogP contribution in [0.2, 0.25) is 0 Å². The van der Waals surface area contributed by atoms with Gasteiger partial charge in [-0.25, -0.2) is 4.79 Å². The molecule has 2 fully saturated rings. The maximum absolute atomic E-state index is 13.0. The number of likely N-dealkylation sites (N-methyl/N-ethyl adjacent to an activating group) is 3. The molecule has 1 N–H and O–H groups in total. The second-order valence-corrected chi connectivity index (χ2v) is 8.46. The van der Waals surface area contributed by atoms with Gasteiger partial charge in [0.2, 0.25) is 6.17 Å². The largest absolute Gasteiger partial charge is 0.326 e. The van der Waals surface area contributed by atoms with Crippen molar-refractivity contribution in [1.82, 2.24) is 24.9 Å². The first-order chi connectivity index (χ1) is 12.3. The van der Waals surface area contributed by atoms with Crippen LogP contribution in [0.3, 0.4) is 0 Å². The van der Waals surface area contributed by atoms with E-state index >= 15 is 0 Å². The van der Waals surface area contributed by atoms with Crippen LogP contribution in [-0.4, -0.2) is 117 Å². The van der Waals surface area contributed by atoms with Gasteiger partial charge in [-0.05, 0) is 47.1 Å². The molecule has 0 aliphatic carbocycles. The van der Waals surface area contributed by atoms with Gasteiger partial charge in [0.05, 0.1) is 13.7 Å². The lowest BCUT2D eigenvalue weighted by Gasteiger charge is -2.36. The Hall–Kier alpha value is -0.890. The molecule has 26 heavy (non-hydrogen) atoms. The highest BCUT2D eigenvalue weighted by Gasteiger charge is 2.59. The maximum atomic E-state index is 13.0. The molecule has 0 aromatic heterocycles. The van der Waals surface area contributed by atoms with E-state index in [0.717, 1.165) is 37.1 Å². The Labute approximate surface area is 160 Å². The van der Waals surface area contributed by atoms with Gasteiger partial charge in [0.1, 0.15) is 13.1 Å². The third-order valence-electron chi connectivity index (χ3n) is 6.43. The fourth-order valence-electron chi connectivity index (χ4n) is 4.19. The molecule has 0 saturated carbocycles. The summed E-state index contributed by atoms with van der Waals surface area (Å²) in [5.74, 6) is 0. The highest BCUT2D eigenvalue weighted by Crippen LogP contribution is 2.33. The van der Waals surface area contributed by atoms with Crippen LogP contribution in [0.5, 0.6) is 0 Å². The van der Waals surface area contributed by atoms with E-state index in [0.29, 0.717) is 12.7 Å². The minimum atomic E-state index is 0.0826. The predicted molar refractivity (Wildman–Crippen MR) is 107 cm³/mol. The lowest BCUT2D eigenvalue weighted by molar-refractivity contribution is -0.820. The topological polar surface area (TPSA) is 42.1 Å². The van der Waals surface area contributed by atoms with Crippen molar-refractivity contribution in [2.24, 2.45) is 0 Å². The number of nitrogens with one attached hydrogen (secondary N) is 1. The molecule has 0 aromatic rings. The van der Waals surface area contributed by atoms with E-state index in [9.17, 15) is 4.79 Å². The van der Waals surface area contributed by atoms with E-state index in [1.807, 2.05) is 19.0 Å². The minimum absolute atomic E-state index is 0.0826. The first-order valence-corrected chi connectivity index (χ1v) is 10.2. The van der Waals surface area contributed by atoms with Crippen molar-refractivity contribution in [3.63, 3.8) is 0 Å². The number of urea groups is 1. The van der Waals surface area contributed by atoms with Gasteiger partial charge in [0.25, 0.3) is 0 Å². The summed E-state index contributed by atoms with van der Waals surface area (Å²) in [6, 6.07) is 0.661. The van der Waals surface area contributed by atoms with Gasteiger partial charge in [0, 0.05) is 13.1 Å². The normalized spacial score (nSPS) is 26.3. The smallest absolute Gasteiger partial charge is 0.307 e. The molecule has 2 rings (SSSR count). The lowest BCUT2D eigenvalue weighted by atomic mass is 10.1. The van der Waals surface area contributed by atoms with Gasteiger partial charge < -0.3 is 9.80 Å². The molecule has 2 saturated heterocycles. The summed E-state index contributed by atoms with van der Waals surface area (Å²) in [6.45, 7) is 9.67. The van der Waals surface area contributed by atoms with Crippen LogP contribution in [0, 0.1) is 0 Å². The van der Waals surface area contributed by atoms with Crippen molar-refractivity contribution in [2.45, 2.75) is 51.5 Å². The summed E-state index contributed by atoms with van der Waals surface area (Å²) in [5.41, 5.74) is 0. The summed E-state index contributed by atoms with van der Waals surface area (Å²) >= 11 is 0. The monoisotopic (exact) mass is 369 g/mol. The Balaban J connectivity index is 2.08. The molecule has 2 amide bonds. The molecule has 0 radical (unpaired) electrons. The Morgan fingerprint density at radius 3 is 2.42 bits per heavy atom. The number of carbonyl (C=O) groups excluding carboxylic acids is 1. The standard InChI is InChI=1S/C19H41N6O/c1-8-10-16(11-12-21(4)9-2)22(5)15-24-18(25(7)13-14-25)17(20-3)23(6)19(24)26/h16-18,20H,8-15H2,1-7H3/q+1. The third-order valence-corrected chi connectivity index (χ3v) is 6.43. The maximum Gasteiger partial charge on any atom is 0.326 e. The van der Waals surface area contributed by atoms with Crippen molar-refractivity contribution in [3.8, 4) is 0 Å². The van der Waals surface area contributed by atoms with Crippen LogP contribution >= 0.6 is 0 Å². The molecule has 0 spiro atoms. The molecule has 7 heteroatoms. The fraction of sp³-hybridized carbons (Fsp3) is 0.947. The van der Waals surface area contributed by atoms with E-state index in [1.165, 1.54) is 12.8 Å². The van der Waals surface area contributed by atoms with Gasteiger partial charge in [-0.15, -0.1) is 0 Å². The Morgan fingerprint density at radius 2 is 1.92 bits per heavy atom. The average Bonchev–Trinajstić information content (AvgIpc) is 3.32. The molecule has 2 heterocycles. The van der Waals surface area contributed by atoms with Crippen molar-refractivity contribution in [1.29, 1.82) is 0 Å². The molecule has 3 atom stereocenters. The summed E-state index contributed by atoms with van der Waals surface area (Å²) in [5, 5.41) is 3.37. The molecule has 0 bridgehead atoms. The van der Waals surface area contributed by atoms with Crippen LogP contribution in [0.4, 0.5) is 4.79 Å². The first kappa shape index (κ1) is 21.4. The van der Waals surface area contributed by atoms with Crippen molar-refractivity contribution in [2.75, 3.05) is 68.1 Å². The zero-order valence-corrected chi connectivity index (χ0v) is 18.0. The molecule has 3 unspecified atom stereocenters. The molecule has 2 aliphatic heterocycles. The lowest BCUT2D eigenvalue weighted by Crippen LogP contribution is -2.57. The zero-order chi connectivity index (χ0) is 19.5. The van der Waals surface area contributed by atoms with Crippen LogP contribution in [0.25, 0.3) is 0 Å². The van der Waals surface area contributed by atoms with Crippen molar-refractivity contribution >= 4 is 6.03 Å². The molecule has 152 valence electrons. The number of hydrogen-bond donors (Lipinski definition) is 1. The molecule has 0 aromatic carbocycles. The SMILES string of the molecule is CCCC(CCN(C)CC)N(C)CN1C(=O)N(C)C(NC)C1[N+]1(C)CC1. The number of rotatable bonds is 11. The number of carbonyl (C=O) groups is 1. The van der Waals surface area contributed by atoms with Gasteiger partial charge in [0.15, 0.2) is 6.17 Å². The van der Waals surface area contributed by atoms with E-state index in [-0.39, 0.29) is 18.4 Å². The third kappa shape index (κ3) is 4.50. The molecular weight excluding hydrogens is 328 g/mol. The van der Waals surface area contributed by atoms with E-state index in [1.54, 1.807) is 0 Å². The Kier molecular flexibility index (Phi) is 7.30. The first-order valence-electron chi connectivity index (χ1n) is 10.2. The van der Waals surface area contributed by atoms with Gasteiger partial charge >= 0.3 is 6.03 Å². The van der Waals surface area contributed by atoms with Crippen LogP contribution < -0.4 is 5.32 Å². The second kappa shape index (κ2) is 8.87. The quantitative estimate of drug-likeness (QED) is 0.437. The van der Waals surface area contributed by atoms with Gasteiger partial charge in [-0.1, -0.05) is 20.3 Å². The molecule has 7 nitrogen and oxygen atoms in total. The Bertz CT molecular complexity index is 469. The van der Waals surface area contributed by atoms with Gasteiger partial charge in [-0.3, -0.25) is 19.6 Å². The van der Waals surface area contributed by atoms with Crippen LogP contribution in [0.15, 0.2) is 0 Å². The number of hydrogen-bond acceptors (Lipinski definition) is 4. The fourth-order valence-corrected chi connectivity index (χ4v) is 4.19. The summed E-state index contributed by atoms with van der Waals surface area (Å²) in [7, 11) is 10.5. The zero-order valence-electron chi connectivity index (χ0n) is 18.0. The molecular formula is C19H41N6O+. The Morgan fingerprint density at radius 1 is 1.27 bits per heavy atom. The number of quaternary nitrogens is 1. The number of amides is 2. The van der Waals surface area contributed by atoms with Crippen molar-refractivity contribution in [3.05, 3.63) is 0 Å². The van der Waals surface area contributed by atoms with Crippen LogP contribution in [-0.2, 0) is 0 Å².